The maximum Gasteiger partial charge on any atom is 0.218 e. The van der Waals surface area contributed by atoms with Gasteiger partial charge in [-0.2, -0.15) is 4.31 Å². The first-order valence-corrected chi connectivity index (χ1v) is 8.88. The summed E-state index contributed by atoms with van der Waals surface area (Å²) in [5.41, 5.74) is 0.662. The van der Waals surface area contributed by atoms with Gasteiger partial charge in [0.2, 0.25) is 10.0 Å². The van der Waals surface area contributed by atoms with Gasteiger partial charge in [-0.1, -0.05) is 29.3 Å². The normalized spacial score (nSPS) is 20.4. The van der Waals surface area contributed by atoms with Gasteiger partial charge in [-0.05, 0) is 37.6 Å². The first-order valence-electron chi connectivity index (χ1n) is 6.52. The summed E-state index contributed by atoms with van der Waals surface area (Å²) < 4.78 is 26.6. The highest BCUT2D eigenvalue weighted by atomic mass is 35.5. The minimum absolute atomic E-state index is 0.0376. The quantitative estimate of drug-likeness (QED) is 0.898. The Bertz CT molecular complexity index is 578. The molecule has 1 unspecified atom stereocenters. The van der Waals surface area contributed by atoms with Crippen molar-refractivity contribution in [1.82, 2.24) is 9.62 Å². The van der Waals surface area contributed by atoms with Crippen LogP contribution in [0.3, 0.4) is 0 Å². The van der Waals surface area contributed by atoms with Gasteiger partial charge in [0.15, 0.2) is 0 Å². The lowest BCUT2D eigenvalue weighted by atomic mass is 10.2. The summed E-state index contributed by atoms with van der Waals surface area (Å²) in [4.78, 5) is 0. The molecule has 20 heavy (non-hydrogen) atoms. The fourth-order valence-electron chi connectivity index (χ4n) is 2.54. The van der Waals surface area contributed by atoms with Gasteiger partial charge in [-0.15, -0.1) is 0 Å². The van der Waals surface area contributed by atoms with Crippen LogP contribution in [0.4, 0.5) is 0 Å². The number of likely N-dealkylation sites (N-methyl/N-ethyl adjacent to an activating group) is 1. The second-order valence-corrected chi connectivity index (χ2v) is 7.71. The van der Waals surface area contributed by atoms with Crippen molar-refractivity contribution in [2.24, 2.45) is 0 Å². The molecule has 1 aromatic rings. The van der Waals surface area contributed by atoms with Gasteiger partial charge in [-0.25, -0.2) is 8.42 Å². The molecule has 1 aliphatic heterocycles. The van der Waals surface area contributed by atoms with Crippen LogP contribution < -0.4 is 5.32 Å². The van der Waals surface area contributed by atoms with E-state index in [0.29, 0.717) is 28.7 Å². The summed E-state index contributed by atoms with van der Waals surface area (Å²) in [6, 6.07) is 5.00. The maximum absolute atomic E-state index is 12.5. The van der Waals surface area contributed by atoms with Gasteiger partial charge >= 0.3 is 0 Å². The summed E-state index contributed by atoms with van der Waals surface area (Å²) in [5.74, 6) is -0.0376. The molecule has 1 heterocycles. The van der Waals surface area contributed by atoms with E-state index in [-0.39, 0.29) is 11.8 Å². The van der Waals surface area contributed by atoms with Crippen molar-refractivity contribution in [3.63, 3.8) is 0 Å². The van der Waals surface area contributed by atoms with Crippen LogP contribution in [-0.2, 0) is 15.8 Å². The van der Waals surface area contributed by atoms with E-state index in [1.807, 2.05) is 7.05 Å². The van der Waals surface area contributed by atoms with E-state index < -0.39 is 10.0 Å². The molecule has 0 aromatic heterocycles. The number of nitrogens with zero attached hydrogens (tertiary/aromatic N) is 1. The fourth-order valence-corrected chi connectivity index (χ4v) is 4.67. The molecule has 0 bridgehead atoms. The fraction of sp³-hybridized carbons (Fsp3) is 0.538. The second-order valence-electron chi connectivity index (χ2n) is 4.97. The van der Waals surface area contributed by atoms with Crippen LogP contribution in [0.1, 0.15) is 18.4 Å². The Kier molecular flexibility index (Phi) is 5.31. The SMILES string of the molecule is CNCC1CCCN1S(=O)(=O)Cc1ccc(Cl)c(Cl)c1. The average molecular weight is 337 g/mol. The Hall–Kier alpha value is -0.330. The van der Waals surface area contributed by atoms with Gasteiger partial charge in [0, 0.05) is 19.1 Å². The summed E-state index contributed by atoms with van der Waals surface area (Å²) in [5, 5.41) is 3.86. The van der Waals surface area contributed by atoms with Gasteiger partial charge in [0.05, 0.1) is 15.8 Å². The van der Waals surface area contributed by atoms with Crippen molar-refractivity contribution >= 4 is 33.2 Å². The van der Waals surface area contributed by atoms with Crippen LogP contribution in [0.2, 0.25) is 10.0 Å². The van der Waals surface area contributed by atoms with Crippen molar-refractivity contribution in [1.29, 1.82) is 0 Å². The molecule has 1 fully saturated rings. The number of rotatable bonds is 5. The topological polar surface area (TPSA) is 49.4 Å². The highest BCUT2D eigenvalue weighted by Crippen LogP contribution is 2.26. The third-order valence-corrected chi connectivity index (χ3v) is 6.09. The molecule has 1 N–H and O–H groups in total. The van der Waals surface area contributed by atoms with E-state index in [0.717, 1.165) is 12.8 Å². The van der Waals surface area contributed by atoms with E-state index in [2.05, 4.69) is 5.32 Å². The number of halogens is 2. The summed E-state index contributed by atoms with van der Waals surface area (Å²) in [6.07, 6.45) is 1.81. The lowest BCUT2D eigenvalue weighted by Crippen LogP contribution is -2.41. The van der Waals surface area contributed by atoms with Crippen molar-refractivity contribution in [3.8, 4) is 0 Å². The number of sulfonamides is 1. The first kappa shape index (κ1) is 16.0. The molecule has 112 valence electrons. The van der Waals surface area contributed by atoms with Gasteiger partial charge in [0.25, 0.3) is 0 Å². The molecule has 0 spiro atoms. The van der Waals surface area contributed by atoms with E-state index in [1.165, 1.54) is 0 Å². The van der Waals surface area contributed by atoms with E-state index in [1.54, 1.807) is 22.5 Å². The van der Waals surface area contributed by atoms with Gasteiger partial charge < -0.3 is 5.32 Å². The van der Waals surface area contributed by atoms with Gasteiger partial charge in [-0.3, -0.25) is 0 Å². The molecular formula is C13H18Cl2N2O2S. The molecule has 2 rings (SSSR count). The molecule has 0 saturated carbocycles. The third-order valence-electron chi connectivity index (χ3n) is 3.45. The van der Waals surface area contributed by atoms with E-state index >= 15 is 0 Å². The minimum atomic E-state index is -3.32. The zero-order chi connectivity index (χ0) is 14.8. The molecule has 1 atom stereocenters. The Labute approximate surface area is 130 Å². The highest BCUT2D eigenvalue weighted by Gasteiger charge is 2.33. The average Bonchev–Trinajstić information content (AvgIpc) is 2.83. The van der Waals surface area contributed by atoms with Gasteiger partial charge in [0.1, 0.15) is 0 Å². The molecule has 7 heteroatoms. The zero-order valence-corrected chi connectivity index (χ0v) is 13.6. The number of hydrogen-bond donors (Lipinski definition) is 1. The van der Waals surface area contributed by atoms with Crippen LogP contribution in [0, 0.1) is 0 Å². The first-order chi connectivity index (χ1) is 9.44. The Morgan fingerprint density at radius 1 is 1.35 bits per heavy atom. The number of nitrogens with one attached hydrogen (secondary N) is 1. The van der Waals surface area contributed by atoms with Crippen molar-refractivity contribution in [3.05, 3.63) is 33.8 Å². The predicted octanol–water partition coefficient (Wildman–Crippen LogP) is 2.51. The molecule has 0 aliphatic carbocycles. The second kappa shape index (κ2) is 6.62. The lowest BCUT2D eigenvalue weighted by molar-refractivity contribution is 0.378. The summed E-state index contributed by atoms with van der Waals surface area (Å²) in [7, 11) is -1.49. The number of hydrogen-bond acceptors (Lipinski definition) is 3. The monoisotopic (exact) mass is 336 g/mol. The van der Waals surface area contributed by atoms with Crippen LogP contribution in [0.25, 0.3) is 0 Å². The molecule has 1 saturated heterocycles. The van der Waals surface area contributed by atoms with Crippen LogP contribution >= 0.6 is 23.2 Å². The molecule has 4 nitrogen and oxygen atoms in total. The molecular weight excluding hydrogens is 319 g/mol. The summed E-state index contributed by atoms with van der Waals surface area (Å²) in [6.45, 7) is 1.27. The van der Waals surface area contributed by atoms with E-state index in [9.17, 15) is 8.42 Å². The molecule has 0 radical (unpaired) electrons. The summed E-state index contributed by atoms with van der Waals surface area (Å²) >= 11 is 11.8. The minimum Gasteiger partial charge on any atom is -0.318 e. The smallest absolute Gasteiger partial charge is 0.218 e. The maximum atomic E-state index is 12.5. The Morgan fingerprint density at radius 2 is 2.10 bits per heavy atom. The molecule has 1 aromatic carbocycles. The zero-order valence-electron chi connectivity index (χ0n) is 11.3. The van der Waals surface area contributed by atoms with Crippen LogP contribution in [-0.4, -0.2) is 38.9 Å². The third kappa shape index (κ3) is 3.65. The van der Waals surface area contributed by atoms with Crippen molar-refractivity contribution in [2.45, 2.75) is 24.6 Å². The molecule has 1 aliphatic rings. The van der Waals surface area contributed by atoms with Crippen molar-refractivity contribution < 1.29 is 8.42 Å². The van der Waals surface area contributed by atoms with E-state index in [4.69, 9.17) is 23.2 Å². The largest absolute Gasteiger partial charge is 0.318 e. The van der Waals surface area contributed by atoms with Crippen molar-refractivity contribution in [2.75, 3.05) is 20.1 Å². The number of benzene rings is 1. The Balaban J connectivity index is 2.16. The Morgan fingerprint density at radius 3 is 2.75 bits per heavy atom. The van der Waals surface area contributed by atoms with Crippen LogP contribution in [0.15, 0.2) is 18.2 Å². The molecule has 0 amide bonds. The standard InChI is InChI=1S/C13H18Cl2N2O2S/c1-16-8-11-3-2-6-17(11)20(18,19)9-10-4-5-12(14)13(15)7-10/h4-5,7,11,16H,2-3,6,8-9H2,1H3. The lowest BCUT2D eigenvalue weighted by Gasteiger charge is -2.24. The predicted molar refractivity (Wildman–Crippen MR) is 82.7 cm³/mol. The highest BCUT2D eigenvalue weighted by molar-refractivity contribution is 7.88. The van der Waals surface area contributed by atoms with Crippen LogP contribution in [0.5, 0.6) is 0 Å².